The maximum absolute atomic E-state index is 13.0. The minimum atomic E-state index is -0.618. The van der Waals surface area contributed by atoms with Crippen molar-refractivity contribution in [2.75, 3.05) is 13.1 Å². The van der Waals surface area contributed by atoms with Crippen LogP contribution in [0.5, 0.6) is 0 Å². The number of carbonyl (C=O) groups is 4. The van der Waals surface area contributed by atoms with Gasteiger partial charge in [-0.25, -0.2) is 4.79 Å². The number of rotatable bonds is 4. The quantitative estimate of drug-likeness (QED) is 0.697. The van der Waals surface area contributed by atoms with E-state index in [-0.39, 0.29) is 24.3 Å². The number of likely N-dealkylation sites (tertiary alicyclic amines) is 1. The normalized spacial score (nSPS) is 21.8. The SMILES string of the molecule is CC(C)(C)OC(=O)N1CCC(CCc2nccc3c2CN(C2CCC(=O)NC2=O)C3=O)CC1. The number of fused-ring (bicyclic) bond motifs is 1. The van der Waals surface area contributed by atoms with Crippen LogP contribution < -0.4 is 5.32 Å². The van der Waals surface area contributed by atoms with E-state index < -0.39 is 17.6 Å². The summed E-state index contributed by atoms with van der Waals surface area (Å²) in [5, 5.41) is 2.34. The minimum Gasteiger partial charge on any atom is -0.444 e. The van der Waals surface area contributed by atoms with Crippen LogP contribution in [0.1, 0.15) is 74.5 Å². The highest BCUT2D eigenvalue weighted by atomic mass is 16.6. The van der Waals surface area contributed by atoms with E-state index in [0.717, 1.165) is 36.9 Å². The molecule has 0 saturated carbocycles. The van der Waals surface area contributed by atoms with Crippen molar-refractivity contribution in [3.8, 4) is 0 Å². The summed E-state index contributed by atoms with van der Waals surface area (Å²) in [6, 6.07) is 1.10. The number of hydrogen-bond acceptors (Lipinski definition) is 6. The number of carbonyl (C=O) groups excluding carboxylic acids is 4. The highest BCUT2D eigenvalue weighted by Crippen LogP contribution is 2.31. The van der Waals surface area contributed by atoms with Gasteiger partial charge >= 0.3 is 6.09 Å². The molecule has 0 aromatic carbocycles. The molecule has 33 heavy (non-hydrogen) atoms. The summed E-state index contributed by atoms with van der Waals surface area (Å²) in [4.78, 5) is 56.9. The number of pyridine rings is 1. The lowest BCUT2D eigenvalue weighted by molar-refractivity contribution is -0.136. The first-order chi connectivity index (χ1) is 15.6. The molecular formula is C24H32N4O5. The Labute approximate surface area is 193 Å². The van der Waals surface area contributed by atoms with Gasteiger partial charge in [0.1, 0.15) is 11.6 Å². The molecule has 4 heterocycles. The lowest BCUT2D eigenvalue weighted by Crippen LogP contribution is -2.52. The van der Waals surface area contributed by atoms with Gasteiger partial charge in [0.25, 0.3) is 5.91 Å². The van der Waals surface area contributed by atoms with Crippen LogP contribution in [-0.2, 0) is 27.3 Å². The number of imide groups is 1. The van der Waals surface area contributed by atoms with Gasteiger partial charge in [-0.3, -0.25) is 24.7 Å². The second-order valence-corrected chi connectivity index (χ2v) is 10.1. The highest BCUT2D eigenvalue weighted by Gasteiger charge is 2.40. The topological polar surface area (TPSA) is 109 Å². The molecular weight excluding hydrogens is 424 g/mol. The minimum absolute atomic E-state index is 0.172. The Kier molecular flexibility index (Phi) is 6.41. The number of nitrogens with one attached hydrogen (secondary N) is 1. The van der Waals surface area contributed by atoms with Crippen LogP contribution in [0.25, 0.3) is 0 Å². The average Bonchev–Trinajstić information content (AvgIpc) is 3.08. The van der Waals surface area contributed by atoms with Gasteiger partial charge in [0.2, 0.25) is 11.8 Å². The van der Waals surface area contributed by atoms with Crippen molar-refractivity contribution < 1.29 is 23.9 Å². The van der Waals surface area contributed by atoms with E-state index in [0.29, 0.717) is 37.5 Å². The van der Waals surface area contributed by atoms with Crippen LogP contribution >= 0.6 is 0 Å². The van der Waals surface area contributed by atoms with E-state index in [1.165, 1.54) is 0 Å². The van der Waals surface area contributed by atoms with Crippen molar-refractivity contribution in [3.63, 3.8) is 0 Å². The second-order valence-electron chi connectivity index (χ2n) is 10.1. The molecule has 0 spiro atoms. The number of piperidine rings is 2. The first kappa shape index (κ1) is 23.2. The van der Waals surface area contributed by atoms with Crippen molar-refractivity contribution >= 4 is 23.8 Å². The van der Waals surface area contributed by atoms with Crippen LogP contribution in [0.2, 0.25) is 0 Å². The number of ether oxygens (including phenoxy) is 1. The molecule has 0 aliphatic carbocycles. The summed E-state index contributed by atoms with van der Waals surface area (Å²) in [6.07, 6.45) is 5.49. The number of aryl methyl sites for hydroxylation is 1. The Morgan fingerprint density at radius 3 is 2.58 bits per heavy atom. The molecule has 178 valence electrons. The average molecular weight is 457 g/mol. The van der Waals surface area contributed by atoms with Crippen LogP contribution in [0.4, 0.5) is 4.79 Å². The number of aromatic nitrogens is 1. The van der Waals surface area contributed by atoms with E-state index in [2.05, 4.69) is 10.3 Å². The molecule has 1 N–H and O–H groups in total. The van der Waals surface area contributed by atoms with Crippen molar-refractivity contribution in [2.24, 2.45) is 5.92 Å². The van der Waals surface area contributed by atoms with Gasteiger partial charge in [-0.05, 0) is 64.9 Å². The molecule has 0 radical (unpaired) electrons. The Bertz CT molecular complexity index is 962. The molecule has 1 aromatic heterocycles. The van der Waals surface area contributed by atoms with Crippen molar-refractivity contribution in [2.45, 2.75) is 77.5 Å². The van der Waals surface area contributed by atoms with Crippen molar-refractivity contribution in [1.82, 2.24) is 20.1 Å². The lowest BCUT2D eigenvalue weighted by atomic mass is 9.90. The molecule has 2 saturated heterocycles. The Morgan fingerprint density at radius 1 is 1.18 bits per heavy atom. The van der Waals surface area contributed by atoms with Crippen molar-refractivity contribution in [3.05, 3.63) is 29.1 Å². The lowest BCUT2D eigenvalue weighted by Gasteiger charge is -2.33. The monoisotopic (exact) mass is 456 g/mol. The first-order valence-electron chi connectivity index (χ1n) is 11.7. The van der Waals surface area contributed by atoms with E-state index in [9.17, 15) is 19.2 Å². The number of amides is 4. The molecule has 4 rings (SSSR count). The van der Waals surface area contributed by atoms with Gasteiger partial charge in [0, 0.05) is 49.1 Å². The van der Waals surface area contributed by atoms with Gasteiger partial charge < -0.3 is 14.5 Å². The van der Waals surface area contributed by atoms with Crippen LogP contribution in [0, 0.1) is 5.92 Å². The van der Waals surface area contributed by atoms with Gasteiger partial charge in [-0.1, -0.05) is 0 Å². The number of nitrogens with zero attached hydrogens (tertiary/aromatic N) is 3. The summed E-state index contributed by atoms with van der Waals surface area (Å²) in [7, 11) is 0. The Balaban J connectivity index is 1.34. The summed E-state index contributed by atoms with van der Waals surface area (Å²) in [5.41, 5.74) is 1.89. The molecule has 4 amide bonds. The highest BCUT2D eigenvalue weighted by molar-refractivity contribution is 6.05. The molecule has 1 aromatic rings. The summed E-state index contributed by atoms with van der Waals surface area (Å²) in [6.45, 7) is 7.32. The fourth-order valence-electron chi connectivity index (χ4n) is 4.83. The molecule has 9 nitrogen and oxygen atoms in total. The van der Waals surface area contributed by atoms with E-state index in [1.54, 1.807) is 22.1 Å². The van der Waals surface area contributed by atoms with E-state index in [4.69, 9.17) is 4.74 Å². The zero-order valence-electron chi connectivity index (χ0n) is 19.6. The van der Waals surface area contributed by atoms with E-state index in [1.807, 2.05) is 20.8 Å². The van der Waals surface area contributed by atoms with Gasteiger partial charge in [-0.15, -0.1) is 0 Å². The smallest absolute Gasteiger partial charge is 0.410 e. The number of hydrogen-bond donors (Lipinski definition) is 1. The predicted molar refractivity (Wildman–Crippen MR) is 119 cm³/mol. The third-order valence-corrected chi connectivity index (χ3v) is 6.61. The summed E-state index contributed by atoms with van der Waals surface area (Å²) in [5.74, 6) is -0.391. The van der Waals surface area contributed by atoms with Gasteiger partial charge in [0.05, 0.1) is 0 Å². The molecule has 3 aliphatic rings. The van der Waals surface area contributed by atoms with E-state index >= 15 is 0 Å². The molecule has 2 fully saturated rings. The molecule has 3 aliphatic heterocycles. The largest absolute Gasteiger partial charge is 0.444 e. The van der Waals surface area contributed by atoms with Crippen LogP contribution in [0.3, 0.4) is 0 Å². The Hall–Kier alpha value is -2.97. The summed E-state index contributed by atoms with van der Waals surface area (Å²) < 4.78 is 5.47. The zero-order chi connectivity index (χ0) is 23.8. The van der Waals surface area contributed by atoms with Gasteiger partial charge in [0.15, 0.2) is 0 Å². The fourth-order valence-corrected chi connectivity index (χ4v) is 4.83. The molecule has 1 unspecified atom stereocenters. The third kappa shape index (κ3) is 5.17. The molecule has 0 bridgehead atoms. The predicted octanol–water partition coefficient (Wildman–Crippen LogP) is 2.42. The standard InChI is InChI=1S/C24H32N4O5/c1-24(2,3)33-23(32)27-12-9-15(10-13-27)4-5-18-17-14-28(22(31)16(17)8-11-25-18)19-6-7-20(29)26-21(19)30/h8,11,15,19H,4-7,9-10,12-14H2,1-3H3,(H,26,29,30). The zero-order valence-corrected chi connectivity index (χ0v) is 19.6. The van der Waals surface area contributed by atoms with Crippen molar-refractivity contribution in [1.29, 1.82) is 0 Å². The fraction of sp³-hybridized carbons (Fsp3) is 0.625. The first-order valence-corrected chi connectivity index (χ1v) is 11.7. The molecule has 1 atom stereocenters. The third-order valence-electron chi connectivity index (χ3n) is 6.61. The Morgan fingerprint density at radius 2 is 1.91 bits per heavy atom. The van der Waals surface area contributed by atoms with Crippen LogP contribution in [0.15, 0.2) is 12.3 Å². The van der Waals surface area contributed by atoms with Gasteiger partial charge in [-0.2, -0.15) is 0 Å². The summed E-state index contributed by atoms with van der Waals surface area (Å²) >= 11 is 0. The maximum atomic E-state index is 13.0. The maximum Gasteiger partial charge on any atom is 0.410 e. The molecule has 9 heteroatoms. The second kappa shape index (κ2) is 9.11. The van der Waals surface area contributed by atoms with Crippen LogP contribution in [-0.4, -0.2) is 63.3 Å².